The first-order valence-electron chi connectivity index (χ1n) is 9.52. The predicted molar refractivity (Wildman–Crippen MR) is 111 cm³/mol. The highest BCUT2D eigenvalue weighted by molar-refractivity contribution is 5.99. The van der Waals surface area contributed by atoms with Crippen LogP contribution in [0, 0.1) is 5.92 Å². The van der Waals surface area contributed by atoms with Crippen LogP contribution >= 0.6 is 0 Å². The van der Waals surface area contributed by atoms with Crippen LogP contribution < -0.4 is 10.6 Å². The Morgan fingerprint density at radius 2 is 1.25 bits per heavy atom. The highest BCUT2D eigenvalue weighted by Gasteiger charge is 2.29. The van der Waals surface area contributed by atoms with Crippen molar-refractivity contribution in [3.05, 3.63) is 96.1 Å². The van der Waals surface area contributed by atoms with Crippen molar-refractivity contribution in [1.82, 2.24) is 0 Å². The molecule has 0 radical (unpaired) electrons. The van der Waals surface area contributed by atoms with E-state index in [9.17, 15) is 9.59 Å². The van der Waals surface area contributed by atoms with E-state index in [1.54, 1.807) is 6.07 Å². The standard InChI is InChI=1S/C24H22N2O2/c27-23(19-14-15-19)25-20-12-7-13-21(16-20)26-24(28)22(17-8-3-1-4-9-17)18-10-5-2-6-11-18/h1-13,16,19,22H,14-15H2,(H,25,27)(H,26,28). The minimum Gasteiger partial charge on any atom is -0.326 e. The number of hydrogen-bond acceptors (Lipinski definition) is 2. The SMILES string of the molecule is O=C(Nc1cccc(NC(=O)C(c2ccccc2)c2ccccc2)c1)C1CC1. The Morgan fingerprint density at radius 1 is 0.714 bits per heavy atom. The maximum absolute atomic E-state index is 13.2. The van der Waals surface area contributed by atoms with Crippen LogP contribution in [0.5, 0.6) is 0 Å². The maximum Gasteiger partial charge on any atom is 0.236 e. The van der Waals surface area contributed by atoms with E-state index >= 15 is 0 Å². The van der Waals surface area contributed by atoms with Crippen LogP contribution in [0.3, 0.4) is 0 Å². The molecule has 1 aliphatic rings. The van der Waals surface area contributed by atoms with Gasteiger partial charge in [0.15, 0.2) is 0 Å². The molecule has 0 saturated heterocycles. The molecule has 140 valence electrons. The summed E-state index contributed by atoms with van der Waals surface area (Å²) in [6, 6.07) is 26.8. The molecule has 0 aliphatic heterocycles. The number of carbonyl (C=O) groups is 2. The molecule has 1 aliphatic carbocycles. The lowest BCUT2D eigenvalue weighted by atomic mass is 9.90. The summed E-state index contributed by atoms with van der Waals surface area (Å²) in [5.74, 6) is -0.330. The van der Waals surface area contributed by atoms with Crippen LogP contribution in [-0.4, -0.2) is 11.8 Å². The van der Waals surface area contributed by atoms with Crippen molar-refractivity contribution < 1.29 is 9.59 Å². The quantitative estimate of drug-likeness (QED) is 0.654. The minimum atomic E-state index is -0.410. The molecule has 1 saturated carbocycles. The van der Waals surface area contributed by atoms with Crippen LogP contribution in [0.2, 0.25) is 0 Å². The van der Waals surface area contributed by atoms with Gasteiger partial charge in [0.05, 0.1) is 5.92 Å². The fourth-order valence-electron chi connectivity index (χ4n) is 3.27. The fraction of sp³-hybridized carbons (Fsp3) is 0.167. The Balaban J connectivity index is 1.55. The number of carbonyl (C=O) groups excluding carboxylic acids is 2. The van der Waals surface area contributed by atoms with Crippen LogP contribution in [0.1, 0.15) is 29.9 Å². The van der Waals surface area contributed by atoms with Crippen molar-refractivity contribution in [3.8, 4) is 0 Å². The van der Waals surface area contributed by atoms with Crippen LogP contribution in [0.15, 0.2) is 84.9 Å². The van der Waals surface area contributed by atoms with E-state index in [2.05, 4.69) is 10.6 Å². The third-order valence-corrected chi connectivity index (χ3v) is 4.87. The van der Waals surface area contributed by atoms with Crippen molar-refractivity contribution in [2.75, 3.05) is 10.6 Å². The minimum absolute atomic E-state index is 0.0509. The van der Waals surface area contributed by atoms with Gasteiger partial charge in [-0.1, -0.05) is 66.7 Å². The van der Waals surface area contributed by atoms with E-state index in [1.165, 1.54) is 0 Å². The smallest absolute Gasteiger partial charge is 0.236 e. The van der Waals surface area contributed by atoms with Gasteiger partial charge in [0.25, 0.3) is 0 Å². The van der Waals surface area contributed by atoms with Gasteiger partial charge in [-0.25, -0.2) is 0 Å². The Labute approximate surface area is 164 Å². The molecule has 0 aromatic heterocycles. The predicted octanol–water partition coefficient (Wildman–Crippen LogP) is 4.81. The van der Waals surface area contributed by atoms with Gasteiger partial charge < -0.3 is 10.6 Å². The second-order valence-electron chi connectivity index (χ2n) is 7.09. The van der Waals surface area contributed by atoms with E-state index in [-0.39, 0.29) is 17.7 Å². The normalized spacial score (nSPS) is 13.2. The molecule has 1 fully saturated rings. The number of amides is 2. The Morgan fingerprint density at radius 3 is 1.79 bits per heavy atom. The van der Waals surface area contributed by atoms with Crippen molar-refractivity contribution >= 4 is 23.2 Å². The van der Waals surface area contributed by atoms with Crippen molar-refractivity contribution in [2.45, 2.75) is 18.8 Å². The third kappa shape index (κ3) is 4.29. The second-order valence-corrected chi connectivity index (χ2v) is 7.09. The van der Waals surface area contributed by atoms with Gasteiger partial charge in [0, 0.05) is 17.3 Å². The number of benzene rings is 3. The van der Waals surface area contributed by atoms with E-state index in [4.69, 9.17) is 0 Å². The lowest BCUT2D eigenvalue weighted by Crippen LogP contribution is -2.22. The van der Waals surface area contributed by atoms with Gasteiger partial charge in [0.1, 0.15) is 0 Å². The van der Waals surface area contributed by atoms with E-state index in [0.29, 0.717) is 11.4 Å². The highest BCUT2D eigenvalue weighted by Crippen LogP contribution is 2.31. The molecule has 0 unspecified atom stereocenters. The molecule has 4 rings (SSSR count). The van der Waals surface area contributed by atoms with Gasteiger partial charge in [-0.2, -0.15) is 0 Å². The van der Waals surface area contributed by atoms with Gasteiger partial charge in [-0.15, -0.1) is 0 Å². The summed E-state index contributed by atoms with van der Waals surface area (Å²) >= 11 is 0. The lowest BCUT2D eigenvalue weighted by molar-refractivity contribution is -0.117. The fourth-order valence-corrected chi connectivity index (χ4v) is 3.27. The molecule has 4 nitrogen and oxygen atoms in total. The zero-order valence-corrected chi connectivity index (χ0v) is 15.5. The summed E-state index contributed by atoms with van der Waals surface area (Å²) < 4.78 is 0. The zero-order chi connectivity index (χ0) is 19.3. The summed E-state index contributed by atoms with van der Waals surface area (Å²) in [6.45, 7) is 0. The number of rotatable bonds is 6. The van der Waals surface area contributed by atoms with Crippen molar-refractivity contribution in [2.24, 2.45) is 5.92 Å². The summed E-state index contributed by atoms with van der Waals surface area (Å²) in [5, 5.41) is 5.93. The second kappa shape index (κ2) is 8.09. The van der Waals surface area contributed by atoms with Crippen molar-refractivity contribution in [1.29, 1.82) is 0 Å². The summed E-state index contributed by atoms with van der Waals surface area (Å²) in [7, 11) is 0. The summed E-state index contributed by atoms with van der Waals surface area (Å²) in [6.07, 6.45) is 1.91. The molecule has 3 aromatic rings. The van der Waals surface area contributed by atoms with Crippen LogP contribution in [0.4, 0.5) is 11.4 Å². The highest BCUT2D eigenvalue weighted by atomic mass is 16.2. The van der Waals surface area contributed by atoms with Gasteiger partial charge in [0.2, 0.25) is 11.8 Å². The lowest BCUT2D eigenvalue weighted by Gasteiger charge is -2.18. The zero-order valence-electron chi connectivity index (χ0n) is 15.5. The molecule has 0 heterocycles. The average Bonchev–Trinajstić information content (AvgIpc) is 3.56. The molecule has 28 heavy (non-hydrogen) atoms. The number of hydrogen-bond donors (Lipinski definition) is 2. The Hall–Kier alpha value is -3.40. The molecule has 0 atom stereocenters. The first kappa shape index (κ1) is 18.0. The first-order valence-corrected chi connectivity index (χ1v) is 9.52. The van der Waals surface area contributed by atoms with Crippen LogP contribution in [0.25, 0.3) is 0 Å². The summed E-state index contributed by atoms with van der Waals surface area (Å²) in [5.41, 5.74) is 3.23. The van der Waals surface area contributed by atoms with Crippen molar-refractivity contribution in [3.63, 3.8) is 0 Å². The van der Waals surface area contributed by atoms with Gasteiger partial charge >= 0.3 is 0 Å². The molecule has 0 bridgehead atoms. The third-order valence-electron chi connectivity index (χ3n) is 4.87. The first-order chi connectivity index (χ1) is 13.7. The van der Waals surface area contributed by atoms with E-state index in [1.807, 2.05) is 78.9 Å². The number of anilines is 2. The van der Waals surface area contributed by atoms with E-state index < -0.39 is 5.92 Å². The molecule has 2 amide bonds. The molecule has 4 heteroatoms. The van der Waals surface area contributed by atoms with Gasteiger partial charge in [-0.3, -0.25) is 9.59 Å². The Kier molecular flexibility index (Phi) is 5.20. The topological polar surface area (TPSA) is 58.2 Å². The molecular weight excluding hydrogens is 348 g/mol. The van der Waals surface area contributed by atoms with Gasteiger partial charge in [-0.05, 0) is 42.2 Å². The Bertz CT molecular complexity index is 927. The largest absolute Gasteiger partial charge is 0.326 e. The van der Waals surface area contributed by atoms with Crippen LogP contribution in [-0.2, 0) is 9.59 Å². The summed E-state index contributed by atoms with van der Waals surface area (Å²) in [4.78, 5) is 25.2. The molecule has 2 N–H and O–H groups in total. The average molecular weight is 370 g/mol. The monoisotopic (exact) mass is 370 g/mol. The molecular formula is C24H22N2O2. The molecule has 0 spiro atoms. The maximum atomic E-state index is 13.2. The molecule has 3 aromatic carbocycles. The van der Waals surface area contributed by atoms with E-state index in [0.717, 1.165) is 24.0 Å². The number of nitrogens with one attached hydrogen (secondary N) is 2.